The summed E-state index contributed by atoms with van der Waals surface area (Å²) in [6.45, 7) is 1.22. The fourth-order valence-electron chi connectivity index (χ4n) is 5.18. The Labute approximate surface area is 196 Å². The number of para-hydroxylation sites is 1. The molecule has 4 rings (SSSR count). The topological polar surface area (TPSA) is 131 Å². The number of rotatable bonds is 7. The lowest BCUT2D eigenvalue weighted by Gasteiger charge is -2.32. The highest BCUT2D eigenvalue weighted by molar-refractivity contribution is 6.00. The molecule has 10 heteroatoms. The first-order chi connectivity index (χ1) is 16.3. The van der Waals surface area contributed by atoms with Gasteiger partial charge in [-0.2, -0.15) is 0 Å². The minimum atomic E-state index is -0.844. The van der Waals surface area contributed by atoms with E-state index in [1.807, 2.05) is 23.1 Å². The Hall–Kier alpha value is -3.43. The number of aliphatic carboxylic acids is 1. The quantitative estimate of drug-likeness (QED) is 0.468. The molecule has 0 bridgehead atoms. The van der Waals surface area contributed by atoms with Gasteiger partial charge in [0.2, 0.25) is 17.7 Å². The van der Waals surface area contributed by atoms with E-state index < -0.39 is 17.9 Å². The minimum Gasteiger partial charge on any atom is -0.481 e. The number of unbranched alkanes of at least 4 members (excludes halogenated alkanes) is 1. The third kappa shape index (κ3) is 4.62. The number of carbonyl (C=O) groups is 4. The van der Waals surface area contributed by atoms with Crippen molar-refractivity contribution in [3.05, 3.63) is 34.2 Å². The Morgan fingerprint density at radius 1 is 1.06 bits per heavy atom. The van der Waals surface area contributed by atoms with Gasteiger partial charge in [0.05, 0.1) is 11.0 Å². The summed E-state index contributed by atoms with van der Waals surface area (Å²) in [5, 5.41) is 11.1. The van der Waals surface area contributed by atoms with Crippen molar-refractivity contribution in [2.45, 2.75) is 63.3 Å². The number of nitrogens with one attached hydrogen (secondary N) is 1. The maximum Gasteiger partial charge on any atom is 0.329 e. The number of carboxylic acids is 1. The molecule has 2 N–H and O–H groups in total. The van der Waals surface area contributed by atoms with Gasteiger partial charge < -0.3 is 10.0 Å². The third-order valence-electron chi connectivity index (χ3n) is 6.97. The summed E-state index contributed by atoms with van der Waals surface area (Å²) in [6.07, 6.45) is 3.52. The van der Waals surface area contributed by atoms with Gasteiger partial charge in [0.25, 0.3) is 0 Å². The summed E-state index contributed by atoms with van der Waals surface area (Å²) < 4.78 is 3.07. The first kappa shape index (κ1) is 23.7. The Balaban J connectivity index is 1.50. The second-order valence-electron chi connectivity index (χ2n) is 9.15. The van der Waals surface area contributed by atoms with Crippen molar-refractivity contribution in [1.29, 1.82) is 0 Å². The number of carbonyl (C=O) groups excluding carboxylic acids is 3. The van der Waals surface area contributed by atoms with E-state index in [1.165, 1.54) is 4.57 Å². The van der Waals surface area contributed by atoms with Gasteiger partial charge in [0, 0.05) is 39.4 Å². The van der Waals surface area contributed by atoms with Crippen molar-refractivity contribution in [2.24, 2.45) is 7.05 Å². The van der Waals surface area contributed by atoms with Crippen LogP contribution < -0.4 is 11.0 Å². The van der Waals surface area contributed by atoms with Gasteiger partial charge in [-0.25, -0.2) is 4.79 Å². The molecule has 0 aliphatic carbocycles. The van der Waals surface area contributed by atoms with E-state index in [4.69, 9.17) is 5.11 Å². The van der Waals surface area contributed by atoms with Crippen LogP contribution in [0.3, 0.4) is 0 Å². The number of fused-ring (bicyclic) bond motifs is 1. The van der Waals surface area contributed by atoms with Gasteiger partial charge >= 0.3 is 11.7 Å². The Bertz CT molecular complexity index is 1190. The number of amides is 3. The van der Waals surface area contributed by atoms with Crippen LogP contribution in [0.5, 0.6) is 0 Å². The van der Waals surface area contributed by atoms with Crippen LogP contribution in [0.15, 0.2) is 23.0 Å². The van der Waals surface area contributed by atoms with E-state index in [1.54, 1.807) is 11.6 Å². The maximum atomic E-state index is 13.1. The molecule has 0 saturated carbocycles. The number of hydrogen-bond donors (Lipinski definition) is 2. The van der Waals surface area contributed by atoms with Crippen molar-refractivity contribution in [1.82, 2.24) is 19.4 Å². The zero-order valence-corrected chi connectivity index (χ0v) is 19.3. The number of aromatic nitrogens is 2. The molecule has 1 aromatic heterocycles. The number of aryl methyl sites for hydroxylation is 1. The summed E-state index contributed by atoms with van der Waals surface area (Å²) in [5.41, 5.74) is 2.20. The lowest BCUT2D eigenvalue weighted by molar-refractivity contribution is -0.138. The zero-order valence-electron chi connectivity index (χ0n) is 19.3. The molecular weight excluding hydrogens is 440 g/mol. The fraction of sp³-hybridized carbons (Fsp3) is 0.542. The summed E-state index contributed by atoms with van der Waals surface area (Å²) in [6, 6.07) is 5.01. The highest BCUT2D eigenvalue weighted by atomic mass is 16.4. The van der Waals surface area contributed by atoms with Crippen LogP contribution in [0.1, 0.15) is 68.9 Å². The van der Waals surface area contributed by atoms with E-state index in [-0.39, 0.29) is 36.3 Å². The van der Waals surface area contributed by atoms with E-state index in [0.717, 1.165) is 23.9 Å². The predicted octanol–water partition coefficient (Wildman–Crippen LogP) is 1.67. The number of benzene rings is 1. The molecule has 2 fully saturated rings. The van der Waals surface area contributed by atoms with Crippen molar-refractivity contribution in [3.8, 4) is 0 Å². The lowest BCUT2D eigenvalue weighted by Crippen LogP contribution is -2.44. The molecule has 34 heavy (non-hydrogen) atoms. The van der Waals surface area contributed by atoms with E-state index in [2.05, 4.69) is 5.32 Å². The lowest BCUT2D eigenvalue weighted by atomic mass is 9.88. The van der Waals surface area contributed by atoms with Gasteiger partial charge in [-0.3, -0.25) is 33.6 Å². The standard InChI is InChI=1S/C24H30N4O6/c1-26-22-16(15-11-13-27(14-12-15)20(30)7-2-3-8-21(31)32)5-4-6-17(22)28(24(26)34)18-9-10-19(29)25-23(18)33/h4-6,15,18H,2-3,7-14H2,1H3,(H,31,32)(H,25,29,33). The monoisotopic (exact) mass is 470 g/mol. The van der Waals surface area contributed by atoms with E-state index in [0.29, 0.717) is 44.3 Å². The van der Waals surface area contributed by atoms with Gasteiger partial charge in [-0.05, 0) is 49.7 Å². The average Bonchev–Trinajstić information content (AvgIpc) is 3.07. The summed E-state index contributed by atoms with van der Waals surface area (Å²) >= 11 is 0. The first-order valence-electron chi connectivity index (χ1n) is 11.8. The highest BCUT2D eigenvalue weighted by Crippen LogP contribution is 2.34. The molecule has 10 nitrogen and oxygen atoms in total. The largest absolute Gasteiger partial charge is 0.481 e. The van der Waals surface area contributed by atoms with Crippen LogP contribution in [-0.4, -0.2) is 55.9 Å². The van der Waals surface area contributed by atoms with Crippen LogP contribution in [0.25, 0.3) is 11.0 Å². The molecule has 1 unspecified atom stereocenters. The van der Waals surface area contributed by atoms with Gasteiger partial charge in [0.1, 0.15) is 6.04 Å². The van der Waals surface area contributed by atoms with Gasteiger partial charge in [0.15, 0.2) is 0 Å². The predicted molar refractivity (Wildman–Crippen MR) is 123 cm³/mol. The SMILES string of the molecule is Cn1c(=O)n(C2CCC(=O)NC2=O)c2cccc(C3CCN(C(=O)CCCCC(=O)O)CC3)c21. The highest BCUT2D eigenvalue weighted by Gasteiger charge is 2.33. The number of carboxylic acid groups (broad SMARTS) is 1. The summed E-state index contributed by atoms with van der Waals surface area (Å²) in [4.78, 5) is 62.1. The molecule has 3 heterocycles. The Morgan fingerprint density at radius 3 is 2.44 bits per heavy atom. The number of hydrogen-bond acceptors (Lipinski definition) is 5. The molecule has 2 aromatic rings. The van der Waals surface area contributed by atoms with Crippen LogP contribution in [0.2, 0.25) is 0 Å². The maximum absolute atomic E-state index is 13.1. The molecule has 3 amide bonds. The smallest absolute Gasteiger partial charge is 0.329 e. The van der Waals surface area contributed by atoms with Gasteiger partial charge in [-0.1, -0.05) is 12.1 Å². The Morgan fingerprint density at radius 2 is 1.76 bits per heavy atom. The van der Waals surface area contributed by atoms with Crippen molar-refractivity contribution >= 4 is 34.7 Å². The summed E-state index contributed by atoms with van der Waals surface area (Å²) in [7, 11) is 1.70. The van der Waals surface area contributed by atoms with Crippen LogP contribution >= 0.6 is 0 Å². The number of piperidine rings is 2. The van der Waals surface area contributed by atoms with Crippen LogP contribution in [0.4, 0.5) is 0 Å². The average molecular weight is 471 g/mol. The van der Waals surface area contributed by atoms with Crippen LogP contribution in [-0.2, 0) is 26.2 Å². The second-order valence-corrected chi connectivity index (χ2v) is 9.15. The zero-order chi connectivity index (χ0) is 24.4. The third-order valence-corrected chi connectivity index (χ3v) is 6.97. The first-order valence-corrected chi connectivity index (χ1v) is 11.8. The van der Waals surface area contributed by atoms with Gasteiger partial charge in [-0.15, -0.1) is 0 Å². The van der Waals surface area contributed by atoms with Crippen LogP contribution in [0, 0.1) is 0 Å². The molecular formula is C24H30N4O6. The van der Waals surface area contributed by atoms with E-state index >= 15 is 0 Å². The normalized spacial score (nSPS) is 19.4. The number of imidazole rings is 1. The van der Waals surface area contributed by atoms with E-state index in [9.17, 15) is 24.0 Å². The minimum absolute atomic E-state index is 0.0541. The summed E-state index contributed by atoms with van der Waals surface area (Å²) in [5.74, 6) is -1.39. The van der Waals surface area contributed by atoms with Crippen molar-refractivity contribution in [2.75, 3.05) is 13.1 Å². The number of imide groups is 1. The molecule has 2 saturated heterocycles. The molecule has 1 aromatic carbocycles. The van der Waals surface area contributed by atoms with Crippen molar-refractivity contribution in [3.63, 3.8) is 0 Å². The molecule has 0 radical (unpaired) electrons. The molecule has 0 spiro atoms. The molecule has 2 aliphatic heterocycles. The molecule has 1 atom stereocenters. The Kier molecular flexibility index (Phi) is 6.85. The van der Waals surface area contributed by atoms with Crippen molar-refractivity contribution < 1.29 is 24.3 Å². The molecule has 182 valence electrons. The fourth-order valence-corrected chi connectivity index (χ4v) is 5.18. The molecule has 2 aliphatic rings. The second kappa shape index (κ2) is 9.82. The number of likely N-dealkylation sites (tertiary alicyclic amines) is 1. The number of nitrogens with zero attached hydrogens (tertiary/aromatic N) is 3.